The topological polar surface area (TPSA) is 86.7 Å². The van der Waals surface area contributed by atoms with Crippen molar-refractivity contribution in [1.82, 2.24) is 15.4 Å². The Labute approximate surface area is 182 Å². The number of aromatic nitrogens is 1. The molecule has 3 rings (SSSR count). The number of pyridine rings is 1. The molecule has 29 heavy (non-hydrogen) atoms. The van der Waals surface area contributed by atoms with Gasteiger partial charge in [-0.05, 0) is 47.9 Å². The van der Waals surface area contributed by atoms with Crippen molar-refractivity contribution in [1.29, 1.82) is 0 Å². The Balaban J connectivity index is 0.00000210. The number of likely N-dealkylation sites (tertiary alicyclic amines) is 1. The van der Waals surface area contributed by atoms with Crippen molar-refractivity contribution in [3.05, 3.63) is 59.8 Å². The van der Waals surface area contributed by atoms with Gasteiger partial charge in [-0.15, -0.1) is 24.8 Å². The van der Waals surface area contributed by atoms with Gasteiger partial charge in [-0.25, -0.2) is 10.5 Å². The first-order valence-electron chi connectivity index (χ1n) is 8.86. The molecule has 2 aromatic rings. The predicted molar refractivity (Wildman–Crippen MR) is 118 cm³/mol. The molecule has 1 aromatic heterocycles. The van der Waals surface area contributed by atoms with Crippen LogP contribution in [0.25, 0.3) is 6.08 Å². The number of methoxy groups -OCH3 is 1. The van der Waals surface area contributed by atoms with Crippen LogP contribution in [-0.2, 0) is 11.3 Å². The molecular formula is C20H26Cl2N4O3. The van der Waals surface area contributed by atoms with Crippen LogP contribution >= 0.6 is 24.8 Å². The van der Waals surface area contributed by atoms with Gasteiger partial charge in [0, 0.05) is 37.9 Å². The fourth-order valence-corrected chi connectivity index (χ4v) is 3.13. The van der Waals surface area contributed by atoms with Gasteiger partial charge in [0.1, 0.15) is 11.6 Å². The molecule has 0 aliphatic carbocycles. The van der Waals surface area contributed by atoms with Crippen LogP contribution in [0.5, 0.6) is 5.75 Å². The number of hydrogen-bond donors (Lipinski definition) is 3. The summed E-state index contributed by atoms with van der Waals surface area (Å²) in [6.45, 7) is 2.89. The molecule has 1 saturated heterocycles. The van der Waals surface area contributed by atoms with Crippen LogP contribution in [0.1, 0.15) is 17.5 Å². The largest absolute Gasteiger partial charge is 0.497 e. The number of benzene rings is 1. The van der Waals surface area contributed by atoms with Crippen molar-refractivity contribution >= 4 is 42.6 Å². The van der Waals surface area contributed by atoms with Crippen LogP contribution < -0.4 is 15.5 Å². The maximum absolute atomic E-state index is 11.0. The third-order valence-electron chi connectivity index (χ3n) is 4.49. The highest BCUT2D eigenvalue weighted by molar-refractivity contribution is 5.90. The third kappa shape index (κ3) is 7.55. The quantitative estimate of drug-likeness (QED) is 0.348. The fourth-order valence-electron chi connectivity index (χ4n) is 3.13. The molecule has 1 atom stereocenters. The average molecular weight is 441 g/mol. The summed E-state index contributed by atoms with van der Waals surface area (Å²) >= 11 is 0. The van der Waals surface area contributed by atoms with E-state index in [9.17, 15) is 4.79 Å². The first-order valence-corrected chi connectivity index (χ1v) is 8.86. The van der Waals surface area contributed by atoms with Crippen LogP contribution in [0.2, 0.25) is 0 Å². The Hall–Kier alpha value is -2.32. The highest BCUT2D eigenvalue weighted by Crippen LogP contribution is 2.19. The molecule has 0 unspecified atom stereocenters. The zero-order valence-corrected chi connectivity index (χ0v) is 17.7. The Morgan fingerprint density at radius 1 is 1.34 bits per heavy atom. The summed E-state index contributed by atoms with van der Waals surface area (Å²) < 4.78 is 5.29. The standard InChI is InChI=1S/C20H24N4O3.2ClH/c1-27-18-4-2-3-16(11-18)13-24-10-9-17(14-24)22-19-7-5-15(12-21-19)6-8-20(25)23-26;;/h2-8,11-12,17,26H,9-10,13-14H2,1H3,(H,21,22)(H,23,25);2*1H/b8-6+;;/t17-;;/m1../s1. The summed E-state index contributed by atoms with van der Waals surface area (Å²) in [7, 11) is 1.68. The zero-order chi connectivity index (χ0) is 19.1. The summed E-state index contributed by atoms with van der Waals surface area (Å²) in [5.74, 6) is 1.13. The van der Waals surface area contributed by atoms with Gasteiger partial charge in [0.05, 0.1) is 7.11 Å². The average Bonchev–Trinajstić information content (AvgIpc) is 3.14. The van der Waals surface area contributed by atoms with E-state index in [-0.39, 0.29) is 24.8 Å². The summed E-state index contributed by atoms with van der Waals surface area (Å²) in [4.78, 5) is 17.8. The lowest BCUT2D eigenvalue weighted by Crippen LogP contribution is -2.26. The molecule has 158 valence electrons. The number of hydrogen-bond acceptors (Lipinski definition) is 6. The number of nitrogens with one attached hydrogen (secondary N) is 2. The van der Waals surface area contributed by atoms with E-state index in [2.05, 4.69) is 27.3 Å². The summed E-state index contributed by atoms with van der Waals surface area (Å²) in [6, 6.07) is 12.3. The number of carbonyl (C=O) groups is 1. The van der Waals surface area contributed by atoms with Crippen LogP contribution in [-0.4, -0.2) is 47.2 Å². The summed E-state index contributed by atoms with van der Waals surface area (Å²) in [5, 5.41) is 11.9. The number of carbonyl (C=O) groups excluding carboxylic acids is 1. The van der Waals surface area contributed by atoms with Gasteiger partial charge in [-0.2, -0.15) is 0 Å². The molecule has 0 radical (unpaired) electrons. The van der Waals surface area contributed by atoms with E-state index < -0.39 is 5.91 Å². The first-order chi connectivity index (χ1) is 13.2. The monoisotopic (exact) mass is 440 g/mol. The number of halogens is 2. The van der Waals surface area contributed by atoms with Crippen molar-refractivity contribution in [3.8, 4) is 5.75 Å². The van der Waals surface area contributed by atoms with E-state index in [1.807, 2.05) is 24.3 Å². The lowest BCUT2D eigenvalue weighted by atomic mass is 10.2. The third-order valence-corrected chi connectivity index (χ3v) is 4.49. The molecular weight excluding hydrogens is 415 g/mol. The lowest BCUT2D eigenvalue weighted by Gasteiger charge is -2.17. The minimum absolute atomic E-state index is 0. The Bertz CT molecular complexity index is 803. The maximum atomic E-state index is 11.0. The van der Waals surface area contributed by atoms with Crippen molar-refractivity contribution in [2.75, 3.05) is 25.5 Å². The molecule has 3 N–H and O–H groups in total. The van der Waals surface area contributed by atoms with E-state index in [1.54, 1.807) is 24.9 Å². The fraction of sp³-hybridized carbons (Fsp3) is 0.300. The highest BCUT2D eigenvalue weighted by Gasteiger charge is 2.22. The number of nitrogens with zero attached hydrogens (tertiary/aromatic N) is 2. The van der Waals surface area contributed by atoms with Crippen LogP contribution in [0.15, 0.2) is 48.7 Å². The molecule has 0 bridgehead atoms. The Morgan fingerprint density at radius 3 is 2.86 bits per heavy atom. The van der Waals surface area contributed by atoms with E-state index >= 15 is 0 Å². The molecule has 0 spiro atoms. The molecule has 1 aliphatic heterocycles. The molecule has 2 heterocycles. The van der Waals surface area contributed by atoms with E-state index in [0.717, 1.165) is 43.2 Å². The second-order valence-electron chi connectivity index (χ2n) is 6.50. The SMILES string of the molecule is COc1cccc(CN2CC[C@@H](Nc3ccc(/C=C/C(=O)NO)cn3)C2)c1.Cl.Cl. The molecule has 1 fully saturated rings. The molecule has 1 amide bonds. The first kappa shape index (κ1) is 24.7. The number of amides is 1. The summed E-state index contributed by atoms with van der Waals surface area (Å²) in [5.41, 5.74) is 3.59. The number of hydroxylamine groups is 1. The Morgan fingerprint density at radius 2 is 2.17 bits per heavy atom. The van der Waals surface area contributed by atoms with E-state index in [0.29, 0.717) is 6.04 Å². The molecule has 0 saturated carbocycles. The minimum atomic E-state index is -0.570. The van der Waals surface area contributed by atoms with E-state index in [4.69, 9.17) is 9.94 Å². The van der Waals surface area contributed by atoms with Crippen molar-refractivity contribution in [3.63, 3.8) is 0 Å². The van der Waals surface area contributed by atoms with Crippen LogP contribution in [0.4, 0.5) is 5.82 Å². The smallest absolute Gasteiger partial charge is 0.267 e. The zero-order valence-electron chi connectivity index (χ0n) is 16.1. The van der Waals surface area contributed by atoms with Crippen LogP contribution in [0, 0.1) is 0 Å². The minimum Gasteiger partial charge on any atom is -0.497 e. The van der Waals surface area contributed by atoms with E-state index in [1.165, 1.54) is 11.6 Å². The van der Waals surface area contributed by atoms with Gasteiger partial charge in [0.25, 0.3) is 5.91 Å². The van der Waals surface area contributed by atoms with Crippen LogP contribution in [0.3, 0.4) is 0 Å². The highest BCUT2D eigenvalue weighted by atomic mass is 35.5. The van der Waals surface area contributed by atoms with Gasteiger partial charge in [0.15, 0.2) is 0 Å². The molecule has 7 nitrogen and oxygen atoms in total. The van der Waals surface area contributed by atoms with Crippen molar-refractivity contribution in [2.45, 2.75) is 19.0 Å². The lowest BCUT2D eigenvalue weighted by molar-refractivity contribution is -0.124. The number of anilines is 1. The Kier molecular flexibility index (Phi) is 10.5. The van der Waals surface area contributed by atoms with Crippen molar-refractivity contribution < 1.29 is 14.7 Å². The molecule has 1 aromatic carbocycles. The molecule has 1 aliphatic rings. The summed E-state index contributed by atoms with van der Waals surface area (Å²) in [6.07, 6.45) is 5.59. The molecule has 9 heteroatoms. The normalized spacial score (nSPS) is 16.0. The van der Waals surface area contributed by atoms with Gasteiger partial charge >= 0.3 is 0 Å². The van der Waals surface area contributed by atoms with Crippen molar-refractivity contribution in [2.24, 2.45) is 0 Å². The van der Waals surface area contributed by atoms with Gasteiger partial charge < -0.3 is 10.1 Å². The van der Waals surface area contributed by atoms with Gasteiger partial charge in [-0.3, -0.25) is 14.9 Å². The second kappa shape index (κ2) is 12.3. The number of rotatable bonds is 7. The maximum Gasteiger partial charge on any atom is 0.267 e. The second-order valence-corrected chi connectivity index (χ2v) is 6.50. The van der Waals surface area contributed by atoms with Gasteiger partial charge in [-0.1, -0.05) is 12.1 Å². The van der Waals surface area contributed by atoms with Gasteiger partial charge in [0.2, 0.25) is 0 Å². The predicted octanol–water partition coefficient (Wildman–Crippen LogP) is 3.14. The number of ether oxygens (including phenoxy) is 1.